The van der Waals surface area contributed by atoms with Crippen LogP contribution >= 0.6 is 0 Å². The molecular weight excluding hydrogens is 577 g/mol. The summed E-state index contributed by atoms with van der Waals surface area (Å²) in [4.78, 5) is 42.2. The summed E-state index contributed by atoms with van der Waals surface area (Å²) in [6.07, 6.45) is -4.94. The molecule has 4 rings (SSSR count). The van der Waals surface area contributed by atoms with Crippen LogP contribution in [0.3, 0.4) is 0 Å². The van der Waals surface area contributed by atoms with Crippen LogP contribution in [-0.4, -0.2) is 71.6 Å². The van der Waals surface area contributed by atoms with Crippen molar-refractivity contribution in [3.05, 3.63) is 89.5 Å². The molecule has 1 heterocycles. The lowest BCUT2D eigenvalue weighted by atomic mass is 9.99. The highest BCUT2D eigenvalue weighted by Crippen LogP contribution is 2.32. The van der Waals surface area contributed by atoms with E-state index in [1.807, 2.05) is 37.3 Å². The zero-order valence-corrected chi connectivity index (χ0v) is 24.6. The molecule has 0 radical (unpaired) electrons. The highest BCUT2D eigenvalue weighted by Gasteiger charge is 2.34. The van der Waals surface area contributed by atoms with Gasteiger partial charge in [0.15, 0.2) is 0 Å². The van der Waals surface area contributed by atoms with Crippen molar-refractivity contribution in [1.29, 1.82) is 0 Å². The van der Waals surface area contributed by atoms with Crippen LogP contribution in [0, 0.1) is 5.92 Å². The Kier molecular flexibility index (Phi) is 10.1. The van der Waals surface area contributed by atoms with Crippen LogP contribution in [0.1, 0.15) is 35.3 Å². The van der Waals surface area contributed by atoms with Crippen molar-refractivity contribution in [3.63, 3.8) is 0 Å². The standard InChI is InChI=1S/C32H35F3N4O5/c1-20-17-39(21(2)19-40)30(42)26-16-25(36-29(41)15-22-7-5-4-6-8-22)13-14-27(26)44-28(20)18-38(3)31(43)37-24-11-9-23(10-12-24)32(33,34)35/h4-14,16,20-21,28,40H,15,17-19H2,1-3H3,(H,36,41)(H,37,43)/t20-,21-,28+/m1/s1. The number of nitrogens with one attached hydrogen (secondary N) is 2. The van der Waals surface area contributed by atoms with Crippen LogP contribution < -0.4 is 15.4 Å². The quantitative estimate of drug-likeness (QED) is 0.321. The summed E-state index contributed by atoms with van der Waals surface area (Å²) in [5.74, 6) is -0.672. The van der Waals surface area contributed by atoms with Gasteiger partial charge in [0, 0.05) is 30.9 Å². The molecule has 0 aromatic heterocycles. The van der Waals surface area contributed by atoms with Crippen molar-refractivity contribution in [1.82, 2.24) is 9.80 Å². The molecule has 3 aromatic rings. The Bertz CT molecular complexity index is 1470. The van der Waals surface area contributed by atoms with Crippen LogP contribution in [0.15, 0.2) is 72.8 Å². The molecule has 0 saturated carbocycles. The summed E-state index contributed by atoms with van der Waals surface area (Å²) < 4.78 is 45.0. The van der Waals surface area contributed by atoms with E-state index in [1.54, 1.807) is 19.1 Å². The van der Waals surface area contributed by atoms with Crippen LogP contribution in [0.5, 0.6) is 5.75 Å². The first kappa shape index (κ1) is 32.3. The fourth-order valence-electron chi connectivity index (χ4n) is 4.82. The first-order valence-electron chi connectivity index (χ1n) is 14.1. The summed E-state index contributed by atoms with van der Waals surface area (Å²) in [5, 5.41) is 15.3. The Balaban J connectivity index is 1.52. The molecular formula is C32H35F3N4O5. The van der Waals surface area contributed by atoms with E-state index >= 15 is 0 Å². The minimum atomic E-state index is -4.49. The zero-order chi connectivity index (χ0) is 32.0. The number of ether oxygens (including phenoxy) is 1. The van der Waals surface area contributed by atoms with Crippen LogP contribution in [-0.2, 0) is 17.4 Å². The number of likely N-dealkylation sites (N-methyl/N-ethyl adjacent to an activating group) is 1. The number of halogens is 3. The predicted molar refractivity (Wildman–Crippen MR) is 159 cm³/mol. The first-order valence-corrected chi connectivity index (χ1v) is 14.1. The number of alkyl halides is 3. The van der Waals surface area contributed by atoms with Crippen LogP contribution in [0.2, 0.25) is 0 Å². The van der Waals surface area contributed by atoms with Gasteiger partial charge in [-0.3, -0.25) is 9.59 Å². The first-order chi connectivity index (χ1) is 20.8. The molecule has 0 bridgehead atoms. The van der Waals surface area contributed by atoms with E-state index in [-0.39, 0.29) is 60.8 Å². The van der Waals surface area contributed by atoms with Crippen LogP contribution in [0.4, 0.5) is 29.3 Å². The molecule has 0 spiro atoms. The van der Waals surface area contributed by atoms with E-state index in [9.17, 15) is 32.7 Å². The third-order valence-corrected chi connectivity index (χ3v) is 7.42. The maximum atomic E-state index is 13.7. The zero-order valence-electron chi connectivity index (χ0n) is 24.6. The van der Waals surface area contributed by atoms with Crippen molar-refractivity contribution in [2.24, 2.45) is 5.92 Å². The molecule has 0 fully saturated rings. The number of benzene rings is 3. The summed E-state index contributed by atoms with van der Waals surface area (Å²) in [7, 11) is 1.53. The Morgan fingerprint density at radius 1 is 1.05 bits per heavy atom. The van der Waals surface area contributed by atoms with E-state index < -0.39 is 29.9 Å². The normalized spacial score (nSPS) is 17.4. The number of aliphatic hydroxyl groups is 1. The number of hydrogen-bond acceptors (Lipinski definition) is 5. The number of urea groups is 1. The van der Waals surface area contributed by atoms with Crippen molar-refractivity contribution in [2.45, 2.75) is 38.6 Å². The molecule has 1 aliphatic rings. The van der Waals surface area contributed by atoms with E-state index in [1.165, 1.54) is 35.0 Å². The second-order valence-electron chi connectivity index (χ2n) is 10.9. The van der Waals surface area contributed by atoms with Gasteiger partial charge in [0.05, 0.1) is 36.7 Å². The monoisotopic (exact) mass is 612 g/mol. The van der Waals surface area contributed by atoms with Crippen LogP contribution in [0.25, 0.3) is 0 Å². The summed E-state index contributed by atoms with van der Waals surface area (Å²) in [6, 6.07) is 17.0. The molecule has 0 aliphatic carbocycles. The predicted octanol–water partition coefficient (Wildman–Crippen LogP) is 5.27. The minimum Gasteiger partial charge on any atom is -0.487 e. The van der Waals surface area contributed by atoms with E-state index in [2.05, 4.69) is 10.6 Å². The smallest absolute Gasteiger partial charge is 0.416 e. The van der Waals surface area contributed by atoms with Crippen molar-refractivity contribution < 1.29 is 37.4 Å². The summed E-state index contributed by atoms with van der Waals surface area (Å²) in [6.45, 7) is 3.60. The lowest BCUT2D eigenvalue weighted by Gasteiger charge is -2.38. The average Bonchev–Trinajstić information content (AvgIpc) is 2.99. The lowest BCUT2D eigenvalue weighted by Crippen LogP contribution is -2.50. The highest BCUT2D eigenvalue weighted by molar-refractivity contribution is 6.00. The van der Waals surface area contributed by atoms with Gasteiger partial charge < -0.3 is 30.3 Å². The number of fused-ring (bicyclic) bond motifs is 1. The number of rotatable bonds is 8. The van der Waals surface area contributed by atoms with Gasteiger partial charge in [-0.2, -0.15) is 13.2 Å². The lowest BCUT2D eigenvalue weighted by molar-refractivity contribution is -0.137. The molecule has 3 N–H and O–H groups in total. The molecule has 234 valence electrons. The average molecular weight is 613 g/mol. The largest absolute Gasteiger partial charge is 0.487 e. The van der Waals surface area contributed by atoms with Gasteiger partial charge in [-0.1, -0.05) is 37.3 Å². The fourth-order valence-corrected chi connectivity index (χ4v) is 4.82. The third kappa shape index (κ3) is 8.07. The molecule has 0 unspecified atom stereocenters. The second kappa shape index (κ2) is 13.8. The van der Waals surface area contributed by atoms with Gasteiger partial charge in [0.25, 0.3) is 5.91 Å². The van der Waals surface area contributed by atoms with E-state index in [0.29, 0.717) is 5.69 Å². The van der Waals surface area contributed by atoms with Gasteiger partial charge in [0.2, 0.25) is 5.91 Å². The van der Waals surface area contributed by atoms with Gasteiger partial charge in [-0.25, -0.2) is 4.79 Å². The molecule has 0 saturated heterocycles. The topological polar surface area (TPSA) is 111 Å². The van der Waals surface area contributed by atoms with Gasteiger partial charge in [-0.05, 0) is 55.0 Å². The summed E-state index contributed by atoms with van der Waals surface area (Å²) in [5.41, 5.74) is 0.798. The van der Waals surface area contributed by atoms with Crippen molar-refractivity contribution >= 4 is 29.2 Å². The molecule has 1 aliphatic heterocycles. The molecule has 3 atom stereocenters. The maximum absolute atomic E-state index is 13.7. The Hall–Kier alpha value is -4.58. The maximum Gasteiger partial charge on any atom is 0.416 e. The number of carbonyl (C=O) groups is 3. The third-order valence-electron chi connectivity index (χ3n) is 7.42. The summed E-state index contributed by atoms with van der Waals surface area (Å²) >= 11 is 0. The molecule has 9 nitrogen and oxygen atoms in total. The number of hydrogen-bond donors (Lipinski definition) is 3. The fraction of sp³-hybridized carbons (Fsp3) is 0.344. The highest BCUT2D eigenvalue weighted by atomic mass is 19.4. The number of aliphatic hydroxyl groups excluding tert-OH is 1. The number of nitrogens with zero attached hydrogens (tertiary/aromatic N) is 2. The Labute approximate surface area is 253 Å². The molecule has 4 amide bonds. The molecule has 44 heavy (non-hydrogen) atoms. The number of amides is 4. The Morgan fingerprint density at radius 2 is 1.70 bits per heavy atom. The van der Waals surface area contributed by atoms with Crippen molar-refractivity contribution in [2.75, 3.05) is 37.4 Å². The van der Waals surface area contributed by atoms with Gasteiger partial charge in [-0.15, -0.1) is 0 Å². The van der Waals surface area contributed by atoms with E-state index in [0.717, 1.165) is 17.7 Å². The molecule has 12 heteroatoms. The SMILES string of the molecule is C[C@@H]1CN([C@H](C)CO)C(=O)c2cc(NC(=O)Cc3ccccc3)ccc2O[C@H]1CN(C)C(=O)Nc1ccc(C(F)(F)F)cc1. The number of anilines is 2. The van der Waals surface area contributed by atoms with Gasteiger partial charge in [0.1, 0.15) is 11.9 Å². The van der Waals surface area contributed by atoms with Gasteiger partial charge >= 0.3 is 12.2 Å². The van der Waals surface area contributed by atoms with E-state index in [4.69, 9.17) is 4.74 Å². The molecule has 3 aromatic carbocycles. The van der Waals surface area contributed by atoms with Crippen molar-refractivity contribution in [3.8, 4) is 5.75 Å². The number of carbonyl (C=O) groups excluding carboxylic acids is 3. The second-order valence-corrected chi connectivity index (χ2v) is 10.9. The minimum absolute atomic E-state index is 0.0815. The Morgan fingerprint density at radius 3 is 2.34 bits per heavy atom.